The van der Waals surface area contributed by atoms with Gasteiger partial charge in [-0.2, -0.15) is 10.2 Å². The third-order valence-electron chi connectivity index (χ3n) is 2.88. The molecule has 1 aromatic carbocycles. The summed E-state index contributed by atoms with van der Waals surface area (Å²) in [5.74, 6) is 0.141. The van der Waals surface area contributed by atoms with Gasteiger partial charge in [-0.3, -0.25) is 0 Å². The maximum absolute atomic E-state index is 9.22. The summed E-state index contributed by atoms with van der Waals surface area (Å²) in [6.07, 6.45) is 0.969. The van der Waals surface area contributed by atoms with Crippen molar-refractivity contribution in [1.82, 2.24) is 9.97 Å². The summed E-state index contributed by atoms with van der Waals surface area (Å²) in [5, 5.41) is 9.22. The first-order valence-corrected chi connectivity index (χ1v) is 6.65. The fourth-order valence-corrected chi connectivity index (χ4v) is 1.96. The molecule has 2 rings (SSSR count). The summed E-state index contributed by atoms with van der Waals surface area (Å²) in [6.45, 7) is 3.28. The molecule has 1 aromatic heterocycles. The Morgan fingerprint density at radius 2 is 2.10 bits per heavy atom. The van der Waals surface area contributed by atoms with Crippen molar-refractivity contribution >= 4 is 11.8 Å². The van der Waals surface area contributed by atoms with E-state index in [0.29, 0.717) is 18.9 Å². The first kappa shape index (κ1) is 14.8. The average Bonchev–Trinajstić information content (AvgIpc) is 2.47. The lowest BCUT2D eigenvalue weighted by Crippen LogP contribution is -2.05. The van der Waals surface area contributed by atoms with Crippen LogP contribution in [0.2, 0.25) is 0 Å². The highest BCUT2D eigenvalue weighted by Crippen LogP contribution is 2.26. The summed E-state index contributed by atoms with van der Waals surface area (Å²) in [4.78, 5) is 7.95. The zero-order valence-corrected chi connectivity index (χ0v) is 11.8. The van der Waals surface area contributed by atoms with Crippen molar-refractivity contribution in [3.63, 3.8) is 0 Å². The zero-order chi connectivity index (χ0) is 15.2. The highest BCUT2D eigenvalue weighted by Gasteiger charge is 2.13. The molecule has 21 heavy (non-hydrogen) atoms. The van der Waals surface area contributed by atoms with Crippen LogP contribution in [-0.4, -0.2) is 16.6 Å². The molecule has 2 aromatic rings. The van der Waals surface area contributed by atoms with Crippen LogP contribution in [0.1, 0.15) is 24.5 Å². The van der Waals surface area contributed by atoms with Crippen molar-refractivity contribution in [3.05, 3.63) is 35.4 Å². The van der Waals surface area contributed by atoms with E-state index in [1.165, 1.54) is 0 Å². The predicted octanol–water partition coefficient (Wildman–Crippen LogP) is 2.11. The molecule has 0 aliphatic rings. The first-order chi connectivity index (χ1) is 10.2. The van der Waals surface area contributed by atoms with Crippen LogP contribution in [0.5, 0.6) is 0 Å². The number of nitrogens with zero attached hydrogens (tertiary/aromatic N) is 3. The fraction of sp³-hybridized carbons (Fsp3) is 0.267. The predicted molar refractivity (Wildman–Crippen MR) is 81.0 cm³/mol. The van der Waals surface area contributed by atoms with Gasteiger partial charge in [0, 0.05) is 12.2 Å². The second kappa shape index (κ2) is 6.68. The second-order valence-electron chi connectivity index (χ2n) is 4.56. The summed E-state index contributed by atoms with van der Waals surface area (Å²) in [5.41, 5.74) is 13.8. The highest BCUT2D eigenvalue weighted by atomic mass is 16.5. The van der Waals surface area contributed by atoms with Crippen molar-refractivity contribution in [2.45, 2.75) is 20.0 Å². The molecule has 0 atom stereocenters. The lowest BCUT2D eigenvalue weighted by Gasteiger charge is -2.09. The largest absolute Gasteiger partial charge is 0.382 e. The molecule has 0 amide bonds. The molecule has 0 spiro atoms. The SMILES string of the molecule is CCCOCc1cccc(-c2nc(N)nc(N)c2C#N)c1. The third kappa shape index (κ3) is 3.46. The minimum Gasteiger partial charge on any atom is -0.382 e. The highest BCUT2D eigenvalue weighted by molar-refractivity contribution is 5.73. The number of hydrogen-bond acceptors (Lipinski definition) is 6. The number of aromatic nitrogens is 2. The second-order valence-corrected chi connectivity index (χ2v) is 4.56. The van der Waals surface area contributed by atoms with Crippen LogP contribution in [0.4, 0.5) is 11.8 Å². The lowest BCUT2D eigenvalue weighted by atomic mass is 10.0. The monoisotopic (exact) mass is 283 g/mol. The van der Waals surface area contributed by atoms with Crippen LogP contribution >= 0.6 is 0 Å². The van der Waals surface area contributed by atoms with E-state index in [9.17, 15) is 5.26 Å². The molecule has 0 aliphatic heterocycles. The molecule has 0 bridgehead atoms. The number of ether oxygens (including phenoxy) is 1. The van der Waals surface area contributed by atoms with Gasteiger partial charge in [0.1, 0.15) is 17.5 Å². The number of nitrogens with two attached hydrogens (primary N) is 2. The van der Waals surface area contributed by atoms with Gasteiger partial charge in [0.2, 0.25) is 5.95 Å². The maximum atomic E-state index is 9.22. The Bertz CT molecular complexity index is 678. The standard InChI is InChI=1S/C15H17N5O/c1-2-6-21-9-10-4-3-5-11(7-10)13-12(8-16)14(17)20-15(18)19-13/h3-5,7H,2,6,9H2,1H3,(H4,17,18,19,20). The van der Waals surface area contributed by atoms with Gasteiger partial charge in [0.25, 0.3) is 0 Å². The van der Waals surface area contributed by atoms with Crippen molar-refractivity contribution in [1.29, 1.82) is 5.26 Å². The van der Waals surface area contributed by atoms with Gasteiger partial charge in [0.05, 0.1) is 12.3 Å². The number of benzene rings is 1. The molecule has 0 fully saturated rings. The molecule has 0 radical (unpaired) electrons. The van der Waals surface area contributed by atoms with Crippen LogP contribution < -0.4 is 11.5 Å². The summed E-state index contributed by atoms with van der Waals surface area (Å²) in [7, 11) is 0. The van der Waals surface area contributed by atoms with Crippen molar-refractivity contribution < 1.29 is 4.74 Å². The van der Waals surface area contributed by atoms with Gasteiger partial charge in [-0.15, -0.1) is 0 Å². The Balaban J connectivity index is 2.38. The Kier molecular flexibility index (Phi) is 4.69. The number of nitriles is 1. The molecule has 0 saturated carbocycles. The smallest absolute Gasteiger partial charge is 0.222 e. The summed E-state index contributed by atoms with van der Waals surface area (Å²) < 4.78 is 5.52. The van der Waals surface area contributed by atoms with Crippen LogP contribution in [0, 0.1) is 11.3 Å². The summed E-state index contributed by atoms with van der Waals surface area (Å²) in [6, 6.07) is 9.63. The molecule has 1 heterocycles. The molecule has 0 unspecified atom stereocenters. The third-order valence-corrected chi connectivity index (χ3v) is 2.88. The topological polar surface area (TPSA) is 111 Å². The van der Waals surface area contributed by atoms with Gasteiger partial charge < -0.3 is 16.2 Å². The van der Waals surface area contributed by atoms with Gasteiger partial charge in [-0.25, -0.2) is 4.98 Å². The molecule has 108 valence electrons. The van der Waals surface area contributed by atoms with Gasteiger partial charge in [-0.1, -0.05) is 25.1 Å². The normalized spacial score (nSPS) is 10.3. The molecular weight excluding hydrogens is 266 g/mol. The maximum Gasteiger partial charge on any atom is 0.222 e. The number of rotatable bonds is 5. The molecule has 6 nitrogen and oxygen atoms in total. The van der Waals surface area contributed by atoms with Crippen molar-refractivity contribution in [3.8, 4) is 17.3 Å². The fourth-order valence-electron chi connectivity index (χ4n) is 1.96. The Hall–Kier alpha value is -2.65. The van der Waals surface area contributed by atoms with E-state index in [0.717, 1.165) is 17.5 Å². The van der Waals surface area contributed by atoms with E-state index in [-0.39, 0.29) is 17.3 Å². The van der Waals surface area contributed by atoms with Gasteiger partial charge in [0.15, 0.2) is 0 Å². The molecule has 4 N–H and O–H groups in total. The van der Waals surface area contributed by atoms with Gasteiger partial charge >= 0.3 is 0 Å². The Morgan fingerprint density at radius 1 is 1.29 bits per heavy atom. The quantitative estimate of drug-likeness (QED) is 0.813. The van der Waals surface area contributed by atoms with Crippen LogP contribution in [0.25, 0.3) is 11.3 Å². The van der Waals surface area contributed by atoms with Crippen molar-refractivity contribution in [2.75, 3.05) is 18.1 Å². The minimum absolute atomic E-state index is 0.0501. The van der Waals surface area contributed by atoms with E-state index in [1.807, 2.05) is 30.3 Å². The van der Waals surface area contributed by atoms with Crippen molar-refractivity contribution in [2.24, 2.45) is 0 Å². The first-order valence-electron chi connectivity index (χ1n) is 6.65. The number of nitrogen functional groups attached to an aromatic ring is 2. The number of anilines is 2. The average molecular weight is 283 g/mol. The molecular formula is C15H17N5O. The zero-order valence-electron chi connectivity index (χ0n) is 11.8. The van der Waals surface area contributed by atoms with Crippen LogP contribution in [-0.2, 0) is 11.3 Å². The van der Waals surface area contributed by atoms with Gasteiger partial charge in [-0.05, 0) is 18.1 Å². The van der Waals surface area contributed by atoms with E-state index in [1.54, 1.807) is 0 Å². The Morgan fingerprint density at radius 3 is 2.81 bits per heavy atom. The van der Waals surface area contributed by atoms with Crippen LogP contribution in [0.3, 0.4) is 0 Å². The Labute approximate surface area is 123 Å². The van der Waals surface area contributed by atoms with E-state index < -0.39 is 0 Å². The molecule has 0 aliphatic carbocycles. The van der Waals surface area contributed by atoms with Crippen LogP contribution in [0.15, 0.2) is 24.3 Å². The van der Waals surface area contributed by atoms with E-state index in [4.69, 9.17) is 16.2 Å². The molecule has 6 heteroatoms. The minimum atomic E-state index is 0.0501. The number of hydrogen-bond donors (Lipinski definition) is 2. The summed E-state index contributed by atoms with van der Waals surface area (Å²) >= 11 is 0. The molecule has 0 saturated heterocycles. The lowest BCUT2D eigenvalue weighted by molar-refractivity contribution is 0.121. The van der Waals surface area contributed by atoms with E-state index >= 15 is 0 Å². The van der Waals surface area contributed by atoms with E-state index in [2.05, 4.69) is 16.9 Å².